The first kappa shape index (κ1) is 14.2. The Balaban J connectivity index is 2.15. The molecule has 0 saturated carbocycles. The van der Waals surface area contributed by atoms with Gasteiger partial charge in [-0.3, -0.25) is 5.43 Å². The van der Waals surface area contributed by atoms with Gasteiger partial charge in [-0.1, -0.05) is 64.6 Å². The topological polar surface area (TPSA) is 24.4 Å². The van der Waals surface area contributed by atoms with E-state index in [1.807, 2.05) is 31.2 Å². The van der Waals surface area contributed by atoms with Crippen molar-refractivity contribution in [1.82, 2.24) is 0 Å². The van der Waals surface area contributed by atoms with Gasteiger partial charge in [-0.2, -0.15) is 5.10 Å². The van der Waals surface area contributed by atoms with Crippen molar-refractivity contribution in [3.63, 3.8) is 0 Å². The van der Waals surface area contributed by atoms with Crippen molar-refractivity contribution in [1.29, 1.82) is 0 Å². The Morgan fingerprint density at radius 2 is 1.74 bits per heavy atom. The van der Waals surface area contributed by atoms with E-state index in [0.29, 0.717) is 20.8 Å². The number of anilines is 1. The minimum absolute atomic E-state index is 0.430. The normalized spacial score (nSPS) is 10.9. The van der Waals surface area contributed by atoms with E-state index in [9.17, 15) is 0 Å². The quantitative estimate of drug-likeness (QED) is 0.595. The molecule has 2 rings (SSSR count). The summed E-state index contributed by atoms with van der Waals surface area (Å²) < 4.78 is 0. The van der Waals surface area contributed by atoms with Crippen LogP contribution in [-0.2, 0) is 0 Å². The van der Waals surface area contributed by atoms with Crippen LogP contribution in [0.25, 0.3) is 0 Å². The zero-order chi connectivity index (χ0) is 13.8. The molecular formula is C14H11Cl3N2. The molecule has 0 heterocycles. The molecule has 0 spiro atoms. The number of hydrogen-bond donors (Lipinski definition) is 1. The fourth-order valence-corrected chi connectivity index (χ4v) is 2.47. The fourth-order valence-electron chi connectivity index (χ4n) is 1.57. The average molecular weight is 314 g/mol. The van der Waals surface area contributed by atoms with Gasteiger partial charge in [0.1, 0.15) is 0 Å². The van der Waals surface area contributed by atoms with Crippen molar-refractivity contribution < 1.29 is 0 Å². The molecule has 0 unspecified atom stereocenters. The second-order valence-corrected chi connectivity index (χ2v) is 5.28. The van der Waals surface area contributed by atoms with Crippen LogP contribution < -0.4 is 5.43 Å². The molecular weight excluding hydrogens is 303 g/mol. The number of nitrogens with one attached hydrogen (secondary N) is 1. The molecule has 2 aromatic carbocycles. The molecule has 0 aliphatic carbocycles. The van der Waals surface area contributed by atoms with Crippen molar-refractivity contribution in [3.05, 3.63) is 62.6 Å². The van der Waals surface area contributed by atoms with Gasteiger partial charge in [-0.15, -0.1) is 0 Å². The van der Waals surface area contributed by atoms with Gasteiger partial charge in [0.2, 0.25) is 0 Å². The maximum atomic E-state index is 6.04. The molecule has 0 aliphatic heterocycles. The Bertz CT molecular complexity index is 601. The largest absolute Gasteiger partial charge is 0.275 e. The number of halogens is 3. The van der Waals surface area contributed by atoms with Crippen LogP contribution in [0.4, 0.5) is 5.69 Å². The lowest BCUT2D eigenvalue weighted by molar-refractivity contribution is 1.35. The molecule has 0 aliphatic rings. The molecule has 0 atom stereocenters. The van der Waals surface area contributed by atoms with Crippen LogP contribution in [-0.4, -0.2) is 6.21 Å². The van der Waals surface area contributed by atoms with Crippen LogP contribution in [0.2, 0.25) is 15.1 Å². The highest BCUT2D eigenvalue weighted by atomic mass is 35.5. The summed E-state index contributed by atoms with van der Waals surface area (Å²) in [4.78, 5) is 0. The Hall–Kier alpha value is -1.22. The highest BCUT2D eigenvalue weighted by molar-refractivity contribution is 6.41. The van der Waals surface area contributed by atoms with Gasteiger partial charge in [0.15, 0.2) is 0 Å². The predicted octanol–water partition coefficient (Wildman–Crippen LogP) is 5.40. The lowest BCUT2D eigenvalue weighted by Crippen LogP contribution is -1.93. The summed E-state index contributed by atoms with van der Waals surface area (Å²) in [5.41, 5.74) is 5.53. The molecule has 98 valence electrons. The summed E-state index contributed by atoms with van der Waals surface area (Å²) >= 11 is 17.9. The molecule has 19 heavy (non-hydrogen) atoms. The monoisotopic (exact) mass is 312 g/mol. The average Bonchev–Trinajstić information content (AvgIpc) is 2.32. The van der Waals surface area contributed by atoms with Crippen LogP contribution in [0.1, 0.15) is 11.1 Å². The fraction of sp³-hybridized carbons (Fsp3) is 0.0714. The summed E-state index contributed by atoms with van der Waals surface area (Å²) in [5, 5.41) is 5.47. The molecule has 1 N–H and O–H groups in total. The Morgan fingerprint density at radius 3 is 2.37 bits per heavy atom. The minimum Gasteiger partial charge on any atom is -0.275 e. The van der Waals surface area contributed by atoms with Gasteiger partial charge in [0.05, 0.1) is 21.9 Å². The molecule has 2 aromatic rings. The van der Waals surface area contributed by atoms with Crippen LogP contribution in [0, 0.1) is 6.92 Å². The van der Waals surface area contributed by atoms with Crippen LogP contribution >= 0.6 is 34.8 Å². The summed E-state index contributed by atoms with van der Waals surface area (Å²) in [6.07, 6.45) is 1.70. The molecule has 0 aromatic heterocycles. The molecule has 0 radical (unpaired) electrons. The van der Waals surface area contributed by atoms with E-state index in [4.69, 9.17) is 34.8 Å². The number of hydrogen-bond acceptors (Lipinski definition) is 2. The van der Waals surface area contributed by atoms with Crippen LogP contribution in [0.3, 0.4) is 0 Å². The van der Waals surface area contributed by atoms with Gasteiger partial charge < -0.3 is 0 Å². The lowest BCUT2D eigenvalue weighted by Gasteiger charge is -2.06. The Labute approximate surface area is 127 Å². The summed E-state index contributed by atoms with van der Waals surface area (Å²) in [5.74, 6) is 0. The third-order valence-electron chi connectivity index (χ3n) is 2.44. The maximum Gasteiger partial charge on any atom is 0.0935 e. The second kappa shape index (κ2) is 6.29. The smallest absolute Gasteiger partial charge is 0.0935 e. The number of benzene rings is 2. The molecule has 0 fully saturated rings. The predicted molar refractivity (Wildman–Crippen MR) is 83.9 cm³/mol. The third kappa shape index (κ3) is 3.87. The number of aryl methyl sites for hydroxylation is 1. The van der Waals surface area contributed by atoms with Gasteiger partial charge in [-0.05, 0) is 24.6 Å². The summed E-state index contributed by atoms with van der Waals surface area (Å²) in [6, 6.07) is 11.2. The lowest BCUT2D eigenvalue weighted by atomic mass is 10.2. The van der Waals surface area contributed by atoms with Gasteiger partial charge in [0.25, 0.3) is 0 Å². The molecule has 0 amide bonds. The van der Waals surface area contributed by atoms with Crippen molar-refractivity contribution >= 4 is 46.7 Å². The highest BCUT2D eigenvalue weighted by Gasteiger charge is 2.06. The minimum atomic E-state index is 0.430. The van der Waals surface area contributed by atoms with Crippen molar-refractivity contribution in [2.45, 2.75) is 6.92 Å². The first-order chi connectivity index (χ1) is 9.06. The first-order valence-corrected chi connectivity index (χ1v) is 6.70. The second-order valence-electron chi connectivity index (χ2n) is 4.03. The molecule has 2 nitrogen and oxygen atoms in total. The Kier molecular flexibility index (Phi) is 4.70. The summed E-state index contributed by atoms with van der Waals surface area (Å²) in [7, 11) is 0. The van der Waals surface area contributed by atoms with Gasteiger partial charge in [0, 0.05) is 5.02 Å². The van der Waals surface area contributed by atoms with Crippen LogP contribution in [0.5, 0.6) is 0 Å². The summed E-state index contributed by atoms with van der Waals surface area (Å²) in [6.45, 7) is 2.03. The van der Waals surface area contributed by atoms with E-state index < -0.39 is 0 Å². The maximum absolute atomic E-state index is 6.04. The van der Waals surface area contributed by atoms with E-state index in [0.717, 1.165) is 5.56 Å². The van der Waals surface area contributed by atoms with Gasteiger partial charge >= 0.3 is 0 Å². The van der Waals surface area contributed by atoms with E-state index in [1.165, 1.54) is 5.56 Å². The van der Waals surface area contributed by atoms with Crippen molar-refractivity contribution in [2.75, 3.05) is 5.43 Å². The van der Waals surface area contributed by atoms with Crippen LogP contribution in [0.15, 0.2) is 41.5 Å². The first-order valence-electron chi connectivity index (χ1n) is 5.56. The van der Waals surface area contributed by atoms with E-state index in [-0.39, 0.29) is 0 Å². The highest BCUT2D eigenvalue weighted by Crippen LogP contribution is 2.33. The molecule has 0 saturated heterocycles. The van der Waals surface area contributed by atoms with E-state index in [1.54, 1.807) is 18.3 Å². The number of hydrazone groups is 1. The zero-order valence-electron chi connectivity index (χ0n) is 10.1. The Morgan fingerprint density at radius 1 is 1.05 bits per heavy atom. The molecule has 0 bridgehead atoms. The zero-order valence-corrected chi connectivity index (χ0v) is 12.4. The number of rotatable bonds is 3. The van der Waals surface area contributed by atoms with E-state index in [2.05, 4.69) is 10.5 Å². The van der Waals surface area contributed by atoms with Crippen molar-refractivity contribution in [3.8, 4) is 0 Å². The number of nitrogens with zero attached hydrogens (tertiary/aromatic N) is 1. The van der Waals surface area contributed by atoms with Gasteiger partial charge in [-0.25, -0.2) is 0 Å². The van der Waals surface area contributed by atoms with Crippen molar-refractivity contribution in [2.24, 2.45) is 5.10 Å². The third-order valence-corrected chi connectivity index (χ3v) is 3.25. The van der Waals surface area contributed by atoms with E-state index >= 15 is 0 Å². The SMILES string of the molecule is Cc1cccc(/C=N\Nc2c(Cl)cc(Cl)cc2Cl)c1. The molecule has 5 heteroatoms. The standard InChI is InChI=1S/C14H11Cl3N2/c1-9-3-2-4-10(5-9)8-18-19-14-12(16)6-11(15)7-13(14)17/h2-8,19H,1H3/b18-8-.